The molecule has 0 aliphatic heterocycles. The Morgan fingerprint density at radius 1 is 1.17 bits per heavy atom. The minimum absolute atomic E-state index is 1.04. The minimum atomic E-state index is 1.04. The van der Waals surface area contributed by atoms with Crippen molar-refractivity contribution in [3.8, 4) is 0 Å². The van der Waals surface area contributed by atoms with Crippen LogP contribution in [0.15, 0.2) is 59.8 Å². The quantitative estimate of drug-likeness (QED) is 0.487. The molecule has 0 aromatic rings. The summed E-state index contributed by atoms with van der Waals surface area (Å²) in [6, 6.07) is 0. The van der Waals surface area contributed by atoms with E-state index in [-0.39, 0.29) is 0 Å². The Labute approximate surface area is 112 Å². The summed E-state index contributed by atoms with van der Waals surface area (Å²) < 4.78 is 0. The molecule has 0 radical (unpaired) electrons. The highest BCUT2D eigenvalue weighted by Gasteiger charge is 2.05. The summed E-state index contributed by atoms with van der Waals surface area (Å²) in [5.74, 6) is 0. The summed E-state index contributed by atoms with van der Waals surface area (Å²) in [4.78, 5) is 0. The van der Waals surface area contributed by atoms with Crippen molar-refractivity contribution < 1.29 is 0 Å². The van der Waals surface area contributed by atoms with E-state index in [4.69, 9.17) is 0 Å². The van der Waals surface area contributed by atoms with Gasteiger partial charge in [-0.05, 0) is 43.3 Å². The predicted molar refractivity (Wildman–Crippen MR) is 82.6 cm³/mol. The molecule has 0 unspecified atom stereocenters. The van der Waals surface area contributed by atoms with Gasteiger partial charge in [-0.25, -0.2) is 0 Å². The zero-order valence-corrected chi connectivity index (χ0v) is 11.9. The third-order valence-electron chi connectivity index (χ3n) is 3.10. The largest absolute Gasteiger partial charge is 0.0848 e. The lowest BCUT2D eigenvalue weighted by Gasteiger charge is -2.13. The van der Waals surface area contributed by atoms with Crippen LogP contribution in [0, 0.1) is 0 Å². The van der Waals surface area contributed by atoms with Crippen molar-refractivity contribution in [1.29, 1.82) is 0 Å². The fraction of sp³-hybridized carbons (Fsp3) is 0.444. The second kappa shape index (κ2) is 9.70. The lowest BCUT2D eigenvalue weighted by molar-refractivity contribution is 0.786. The first-order chi connectivity index (χ1) is 8.88. The van der Waals surface area contributed by atoms with E-state index in [0.29, 0.717) is 0 Å². The standard InChI is InChI=1S/C18H26/c1-3-5-7-8-9-10-14-18-16-12-11-15-17(18)13-6-4-2/h5,7-9,11-12,14-15H,3-4,6,10,13,16H2,1-2H3. The number of hydrogen-bond acceptors (Lipinski definition) is 0. The molecular formula is C18H26. The highest BCUT2D eigenvalue weighted by Crippen LogP contribution is 2.24. The van der Waals surface area contributed by atoms with E-state index in [0.717, 1.165) is 19.3 Å². The number of unbranched alkanes of at least 4 members (excludes halogenated alkanes) is 1. The molecule has 0 spiro atoms. The van der Waals surface area contributed by atoms with Crippen LogP contribution in [0.2, 0.25) is 0 Å². The van der Waals surface area contributed by atoms with Crippen molar-refractivity contribution in [3.05, 3.63) is 59.8 Å². The van der Waals surface area contributed by atoms with Crippen LogP contribution >= 0.6 is 0 Å². The Bertz CT molecular complexity index is 361. The smallest absolute Gasteiger partial charge is 0.00946 e. The Balaban J connectivity index is 2.47. The zero-order valence-electron chi connectivity index (χ0n) is 11.9. The van der Waals surface area contributed by atoms with Gasteiger partial charge in [-0.3, -0.25) is 0 Å². The van der Waals surface area contributed by atoms with Gasteiger partial charge in [-0.1, -0.05) is 68.9 Å². The van der Waals surface area contributed by atoms with Crippen LogP contribution in [-0.4, -0.2) is 0 Å². The summed E-state index contributed by atoms with van der Waals surface area (Å²) in [6.45, 7) is 4.41. The minimum Gasteiger partial charge on any atom is -0.0848 e. The van der Waals surface area contributed by atoms with Gasteiger partial charge in [0.25, 0.3) is 0 Å². The van der Waals surface area contributed by atoms with E-state index >= 15 is 0 Å². The molecule has 0 atom stereocenters. The van der Waals surface area contributed by atoms with E-state index in [9.17, 15) is 0 Å². The summed E-state index contributed by atoms with van der Waals surface area (Å²) in [5.41, 5.74) is 3.06. The summed E-state index contributed by atoms with van der Waals surface area (Å²) in [7, 11) is 0. The summed E-state index contributed by atoms with van der Waals surface area (Å²) >= 11 is 0. The normalized spacial score (nSPS) is 18.1. The van der Waals surface area contributed by atoms with Gasteiger partial charge in [0.2, 0.25) is 0 Å². The van der Waals surface area contributed by atoms with Crippen LogP contribution in [0.1, 0.15) is 52.4 Å². The average Bonchev–Trinajstić information content (AvgIpc) is 2.41. The van der Waals surface area contributed by atoms with E-state index < -0.39 is 0 Å². The van der Waals surface area contributed by atoms with Crippen LogP contribution in [0.25, 0.3) is 0 Å². The van der Waals surface area contributed by atoms with Crippen LogP contribution in [0.4, 0.5) is 0 Å². The Kier molecular flexibility index (Phi) is 7.96. The van der Waals surface area contributed by atoms with Gasteiger partial charge in [0.05, 0.1) is 0 Å². The van der Waals surface area contributed by atoms with Crippen molar-refractivity contribution in [2.75, 3.05) is 0 Å². The lowest BCUT2D eigenvalue weighted by atomic mass is 9.93. The summed E-state index contributed by atoms with van der Waals surface area (Å²) in [6.07, 6.45) is 24.9. The monoisotopic (exact) mass is 242 g/mol. The van der Waals surface area contributed by atoms with Gasteiger partial charge < -0.3 is 0 Å². The van der Waals surface area contributed by atoms with Crippen molar-refractivity contribution in [2.45, 2.75) is 52.4 Å². The molecule has 0 aromatic heterocycles. The molecule has 1 rings (SSSR count). The van der Waals surface area contributed by atoms with E-state index in [1.54, 1.807) is 0 Å². The molecule has 1 aliphatic rings. The Morgan fingerprint density at radius 3 is 2.78 bits per heavy atom. The van der Waals surface area contributed by atoms with Crippen molar-refractivity contribution >= 4 is 0 Å². The zero-order chi connectivity index (χ0) is 13.1. The second-order valence-electron chi connectivity index (χ2n) is 4.66. The molecule has 1 aliphatic carbocycles. The first-order valence-corrected chi connectivity index (χ1v) is 7.25. The first-order valence-electron chi connectivity index (χ1n) is 7.25. The van der Waals surface area contributed by atoms with Crippen LogP contribution in [-0.2, 0) is 0 Å². The Morgan fingerprint density at radius 2 is 2.00 bits per heavy atom. The van der Waals surface area contributed by atoms with Gasteiger partial charge >= 0.3 is 0 Å². The predicted octanol–water partition coefficient (Wildman–Crippen LogP) is 5.90. The van der Waals surface area contributed by atoms with Gasteiger partial charge in [-0.2, -0.15) is 0 Å². The maximum Gasteiger partial charge on any atom is -0.00946 e. The maximum absolute atomic E-state index is 2.38. The number of rotatable bonds is 7. The molecule has 0 amide bonds. The van der Waals surface area contributed by atoms with Crippen LogP contribution in [0.3, 0.4) is 0 Å². The van der Waals surface area contributed by atoms with Crippen molar-refractivity contribution in [1.82, 2.24) is 0 Å². The second-order valence-corrected chi connectivity index (χ2v) is 4.66. The molecule has 0 aromatic carbocycles. The van der Waals surface area contributed by atoms with Crippen LogP contribution in [0.5, 0.6) is 0 Å². The van der Waals surface area contributed by atoms with Crippen molar-refractivity contribution in [2.24, 2.45) is 0 Å². The Hall–Kier alpha value is -1.30. The van der Waals surface area contributed by atoms with Gasteiger partial charge in [0, 0.05) is 0 Å². The number of allylic oxidation sites excluding steroid dienone is 10. The third kappa shape index (κ3) is 5.86. The molecule has 0 saturated heterocycles. The molecule has 0 nitrogen and oxygen atoms in total. The maximum atomic E-state index is 2.38. The third-order valence-corrected chi connectivity index (χ3v) is 3.10. The molecule has 0 saturated carbocycles. The molecule has 0 N–H and O–H groups in total. The van der Waals surface area contributed by atoms with Gasteiger partial charge in [0.15, 0.2) is 0 Å². The molecular weight excluding hydrogens is 216 g/mol. The highest BCUT2D eigenvalue weighted by atomic mass is 14.1. The molecule has 0 bridgehead atoms. The fourth-order valence-corrected chi connectivity index (χ4v) is 2.02. The topological polar surface area (TPSA) is 0 Å². The van der Waals surface area contributed by atoms with Gasteiger partial charge in [0.1, 0.15) is 0 Å². The molecule has 0 heterocycles. The van der Waals surface area contributed by atoms with E-state index in [1.807, 2.05) is 0 Å². The molecule has 0 heteroatoms. The van der Waals surface area contributed by atoms with E-state index in [2.05, 4.69) is 62.5 Å². The number of hydrogen-bond donors (Lipinski definition) is 0. The van der Waals surface area contributed by atoms with E-state index in [1.165, 1.54) is 30.4 Å². The summed E-state index contributed by atoms with van der Waals surface area (Å²) in [5, 5.41) is 0. The van der Waals surface area contributed by atoms with Crippen molar-refractivity contribution in [3.63, 3.8) is 0 Å². The fourth-order valence-electron chi connectivity index (χ4n) is 2.02. The van der Waals surface area contributed by atoms with Gasteiger partial charge in [-0.15, -0.1) is 0 Å². The molecule has 0 fully saturated rings. The average molecular weight is 242 g/mol. The highest BCUT2D eigenvalue weighted by molar-refractivity contribution is 5.39. The molecule has 98 valence electrons. The van der Waals surface area contributed by atoms with Crippen LogP contribution < -0.4 is 0 Å². The molecule has 18 heavy (non-hydrogen) atoms. The first kappa shape index (κ1) is 14.8. The SMILES string of the molecule is CCC=CC=CCC=C1CC=CC=C1CCCC. The lowest BCUT2D eigenvalue weighted by Crippen LogP contribution is -1.93.